The van der Waals surface area contributed by atoms with Gasteiger partial charge in [-0.15, -0.1) is 0 Å². The number of amides is 3. The molecule has 38 heavy (non-hydrogen) atoms. The van der Waals surface area contributed by atoms with E-state index >= 15 is 0 Å². The van der Waals surface area contributed by atoms with E-state index in [-0.39, 0.29) is 18.6 Å². The third-order valence-corrected chi connectivity index (χ3v) is 6.51. The molecule has 204 valence electrons. The Morgan fingerprint density at radius 3 is 2.24 bits per heavy atom. The molecule has 0 spiro atoms. The molecule has 1 aliphatic rings. The number of carbonyl (C=O) groups is 4. The van der Waals surface area contributed by atoms with Gasteiger partial charge in [0.25, 0.3) is 0 Å². The van der Waals surface area contributed by atoms with E-state index in [0.717, 1.165) is 11.1 Å². The highest BCUT2D eigenvalue weighted by atomic mass is 16.4. The molecule has 5 unspecified atom stereocenters. The van der Waals surface area contributed by atoms with Gasteiger partial charge in [0.2, 0.25) is 17.7 Å². The number of phenols is 1. The maximum absolute atomic E-state index is 13.3. The van der Waals surface area contributed by atoms with E-state index in [2.05, 4.69) is 10.6 Å². The van der Waals surface area contributed by atoms with Crippen LogP contribution < -0.4 is 16.4 Å². The molecule has 1 saturated heterocycles. The van der Waals surface area contributed by atoms with Crippen molar-refractivity contribution in [3.8, 4) is 5.75 Å². The Morgan fingerprint density at radius 2 is 1.63 bits per heavy atom. The van der Waals surface area contributed by atoms with Gasteiger partial charge in [-0.05, 0) is 49.4 Å². The van der Waals surface area contributed by atoms with Crippen LogP contribution in [-0.2, 0) is 32.0 Å². The van der Waals surface area contributed by atoms with Gasteiger partial charge in [-0.25, -0.2) is 4.79 Å². The number of carbonyl (C=O) groups excluding carboxylic acids is 3. The fourth-order valence-corrected chi connectivity index (χ4v) is 4.46. The van der Waals surface area contributed by atoms with Crippen LogP contribution in [0.3, 0.4) is 0 Å². The van der Waals surface area contributed by atoms with Crippen LogP contribution >= 0.6 is 0 Å². The summed E-state index contributed by atoms with van der Waals surface area (Å²) in [7, 11) is 0. The monoisotopic (exact) mass is 526 g/mol. The maximum atomic E-state index is 13.3. The second-order valence-corrected chi connectivity index (χ2v) is 9.48. The molecule has 0 saturated carbocycles. The van der Waals surface area contributed by atoms with Crippen LogP contribution in [0.5, 0.6) is 5.75 Å². The summed E-state index contributed by atoms with van der Waals surface area (Å²) in [6.45, 7) is 1.58. The molecular weight excluding hydrogens is 492 g/mol. The molecule has 1 aliphatic heterocycles. The zero-order chi connectivity index (χ0) is 27.8. The molecule has 7 N–H and O–H groups in total. The molecular formula is C27H34N4O7. The third kappa shape index (κ3) is 7.53. The van der Waals surface area contributed by atoms with E-state index in [1.54, 1.807) is 42.5 Å². The summed E-state index contributed by atoms with van der Waals surface area (Å²) >= 11 is 0. The molecule has 0 aromatic heterocycles. The first-order chi connectivity index (χ1) is 18.1. The topological polar surface area (TPSA) is 182 Å². The highest BCUT2D eigenvalue weighted by molar-refractivity contribution is 5.94. The van der Waals surface area contributed by atoms with Crippen LogP contribution in [0.4, 0.5) is 0 Å². The van der Waals surface area contributed by atoms with Gasteiger partial charge in [-0.3, -0.25) is 14.4 Å². The van der Waals surface area contributed by atoms with Crippen LogP contribution in [0.2, 0.25) is 0 Å². The highest BCUT2D eigenvalue weighted by Gasteiger charge is 2.38. The maximum Gasteiger partial charge on any atom is 0.328 e. The van der Waals surface area contributed by atoms with E-state index in [1.807, 2.05) is 0 Å². The molecule has 1 heterocycles. The first-order valence-corrected chi connectivity index (χ1v) is 12.5. The lowest BCUT2D eigenvalue weighted by Gasteiger charge is -2.29. The van der Waals surface area contributed by atoms with Gasteiger partial charge in [-0.2, -0.15) is 0 Å². The van der Waals surface area contributed by atoms with Crippen molar-refractivity contribution >= 4 is 23.7 Å². The fraction of sp³-hybridized carbons (Fsp3) is 0.407. The first-order valence-electron chi connectivity index (χ1n) is 12.5. The molecule has 2 aromatic rings. The Morgan fingerprint density at radius 1 is 1.00 bits per heavy atom. The zero-order valence-corrected chi connectivity index (χ0v) is 21.1. The van der Waals surface area contributed by atoms with Crippen molar-refractivity contribution < 1.29 is 34.5 Å². The molecule has 0 bridgehead atoms. The second-order valence-electron chi connectivity index (χ2n) is 9.48. The van der Waals surface area contributed by atoms with Crippen molar-refractivity contribution in [2.75, 3.05) is 6.54 Å². The van der Waals surface area contributed by atoms with Crippen LogP contribution in [0.1, 0.15) is 30.9 Å². The van der Waals surface area contributed by atoms with Crippen molar-refractivity contribution in [3.05, 3.63) is 65.7 Å². The Balaban J connectivity index is 1.72. The number of carboxylic acid groups (broad SMARTS) is 1. The van der Waals surface area contributed by atoms with Gasteiger partial charge >= 0.3 is 5.97 Å². The molecule has 3 amide bonds. The largest absolute Gasteiger partial charge is 0.508 e. The second kappa shape index (κ2) is 13.0. The number of phenolic OH excluding ortho intramolecular Hbond substituents is 1. The Bertz CT molecular complexity index is 1120. The first kappa shape index (κ1) is 28.6. The number of rotatable bonds is 11. The van der Waals surface area contributed by atoms with Gasteiger partial charge in [-0.1, -0.05) is 42.5 Å². The molecule has 3 rings (SSSR count). The van der Waals surface area contributed by atoms with Crippen molar-refractivity contribution in [1.82, 2.24) is 15.5 Å². The summed E-state index contributed by atoms with van der Waals surface area (Å²) < 4.78 is 0. The number of benzene rings is 2. The molecule has 5 atom stereocenters. The SMILES string of the molecule is CC(O)C(NC(=O)C(Cc1ccccc1)NC(=O)C1CCCN1C(=O)C(N)Cc1ccc(O)cc1)C(=O)O. The van der Waals surface area contributed by atoms with Crippen molar-refractivity contribution in [1.29, 1.82) is 0 Å². The van der Waals surface area contributed by atoms with Crippen molar-refractivity contribution in [2.24, 2.45) is 5.73 Å². The molecule has 11 nitrogen and oxygen atoms in total. The predicted octanol–water partition coefficient (Wildman–Crippen LogP) is -0.0693. The summed E-state index contributed by atoms with van der Waals surface area (Å²) in [5, 5.41) is 33.6. The van der Waals surface area contributed by atoms with E-state index in [4.69, 9.17) is 5.73 Å². The normalized spacial score (nSPS) is 18.2. The number of aliphatic hydroxyl groups is 1. The average molecular weight is 527 g/mol. The van der Waals surface area contributed by atoms with E-state index in [1.165, 1.54) is 24.0 Å². The van der Waals surface area contributed by atoms with E-state index in [0.29, 0.717) is 19.4 Å². The molecule has 11 heteroatoms. The minimum atomic E-state index is -1.56. The predicted molar refractivity (Wildman–Crippen MR) is 138 cm³/mol. The van der Waals surface area contributed by atoms with Crippen LogP contribution in [-0.4, -0.2) is 80.7 Å². The third-order valence-electron chi connectivity index (χ3n) is 6.51. The van der Waals surface area contributed by atoms with E-state index in [9.17, 15) is 34.5 Å². The Labute approximate surface area is 220 Å². The van der Waals surface area contributed by atoms with Crippen molar-refractivity contribution in [2.45, 2.75) is 62.9 Å². The highest BCUT2D eigenvalue weighted by Crippen LogP contribution is 2.20. The lowest BCUT2D eigenvalue weighted by atomic mass is 10.0. The van der Waals surface area contributed by atoms with Crippen LogP contribution in [0.25, 0.3) is 0 Å². The molecule has 1 fully saturated rings. The summed E-state index contributed by atoms with van der Waals surface area (Å²) in [5.74, 6) is -3.03. The van der Waals surface area contributed by atoms with Gasteiger partial charge in [0, 0.05) is 13.0 Å². The lowest BCUT2D eigenvalue weighted by Crippen LogP contribution is -2.58. The summed E-state index contributed by atoms with van der Waals surface area (Å²) in [5.41, 5.74) is 7.65. The number of aliphatic carboxylic acids is 1. The number of nitrogens with zero attached hydrogens (tertiary/aromatic N) is 1. The number of carboxylic acids is 1. The molecule has 0 aliphatic carbocycles. The summed E-state index contributed by atoms with van der Waals surface area (Å²) in [4.78, 5) is 52.4. The van der Waals surface area contributed by atoms with Gasteiger partial charge in [0.1, 0.15) is 17.8 Å². The summed E-state index contributed by atoms with van der Waals surface area (Å²) in [6, 6.07) is 10.8. The number of likely N-dealkylation sites (tertiary alicyclic amines) is 1. The molecule has 2 aromatic carbocycles. The average Bonchev–Trinajstić information content (AvgIpc) is 3.38. The minimum Gasteiger partial charge on any atom is -0.508 e. The van der Waals surface area contributed by atoms with Gasteiger partial charge in [0.15, 0.2) is 6.04 Å². The number of hydrogen-bond donors (Lipinski definition) is 6. The zero-order valence-electron chi connectivity index (χ0n) is 21.1. The number of aliphatic hydroxyl groups excluding tert-OH is 1. The van der Waals surface area contributed by atoms with Crippen LogP contribution in [0, 0.1) is 0 Å². The van der Waals surface area contributed by atoms with Gasteiger partial charge < -0.3 is 36.6 Å². The van der Waals surface area contributed by atoms with Crippen LogP contribution in [0.15, 0.2) is 54.6 Å². The number of hydrogen-bond acceptors (Lipinski definition) is 7. The minimum absolute atomic E-state index is 0.0750. The smallest absolute Gasteiger partial charge is 0.328 e. The molecule has 0 radical (unpaired) electrons. The Hall–Kier alpha value is -3.96. The number of nitrogens with one attached hydrogen (secondary N) is 2. The van der Waals surface area contributed by atoms with E-state index < -0.39 is 54.0 Å². The number of aromatic hydroxyl groups is 1. The summed E-state index contributed by atoms with van der Waals surface area (Å²) in [6.07, 6.45) is -0.101. The van der Waals surface area contributed by atoms with Crippen molar-refractivity contribution in [3.63, 3.8) is 0 Å². The quantitative estimate of drug-likeness (QED) is 0.235. The Kier molecular flexibility index (Phi) is 9.80. The lowest BCUT2D eigenvalue weighted by molar-refractivity contribution is -0.145. The standard InChI is InChI=1S/C27H34N4O7/c1-16(32)23(27(37)38)30-24(34)21(15-17-6-3-2-4-7-17)29-25(35)22-8-5-13-31(22)26(36)20(28)14-18-9-11-19(33)12-10-18/h2-4,6-7,9-12,16,20-23,32-33H,5,8,13-15,28H2,1H3,(H,29,35)(H,30,34)(H,37,38). The number of nitrogens with two attached hydrogens (primary N) is 1. The van der Waals surface area contributed by atoms with Gasteiger partial charge in [0.05, 0.1) is 12.1 Å². The fourth-order valence-electron chi connectivity index (χ4n) is 4.46.